The zero-order chi connectivity index (χ0) is 31.3. The quantitative estimate of drug-likeness (QED) is 0.138. The van der Waals surface area contributed by atoms with Crippen molar-refractivity contribution < 1.29 is 0 Å². The minimum atomic E-state index is -0.170. The smallest absolute Gasteiger partial charge is 0.0159 e. The summed E-state index contributed by atoms with van der Waals surface area (Å²) in [5.74, 6) is 0. The molecule has 0 heteroatoms. The van der Waals surface area contributed by atoms with Gasteiger partial charge in [0.15, 0.2) is 0 Å². The lowest BCUT2D eigenvalue weighted by atomic mass is 9.79. The Morgan fingerprint density at radius 3 is 1.72 bits per heavy atom. The van der Waals surface area contributed by atoms with Gasteiger partial charge in [-0.25, -0.2) is 0 Å². The summed E-state index contributed by atoms with van der Waals surface area (Å²) >= 11 is 0. The van der Waals surface area contributed by atoms with Gasteiger partial charge in [0.05, 0.1) is 0 Å². The number of hydrogen-bond acceptors (Lipinski definition) is 0. The lowest BCUT2D eigenvalue weighted by Crippen LogP contribution is -2.15. The van der Waals surface area contributed by atoms with Crippen LogP contribution < -0.4 is 0 Å². The van der Waals surface area contributed by atoms with E-state index >= 15 is 0 Å². The Labute approximate surface area is 274 Å². The lowest BCUT2D eigenvalue weighted by molar-refractivity contribution is 0.661. The highest BCUT2D eigenvalue weighted by molar-refractivity contribution is 6.20. The summed E-state index contributed by atoms with van der Waals surface area (Å²) in [6.45, 7) is 4.83. The fraction of sp³-hybridized carbons (Fsp3) is 0.0638. The van der Waals surface area contributed by atoms with Crippen LogP contribution in [0.1, 0.15) is 25.0 Å². The Bertz CT molecular complexity index is 2750. The first kappa shape index (κ1) is 26.5. The molecule has 0 bridgehead atoms. The second-order valence-corrected chi connectivity index (χ2v) is 13.7. The molecule has 9 aromatic rings. The number of hydrogen-bond donors (Lipinski definition) is 0. The van der Waals surface area contributed by atoms with Crippen molar-refractivity contribution in [3.63, 3.8) is 0 Å². The molecule has 0 unspecified atom stereocenters. The molecule has 0 atom stereocenters. The molecule has 0 saturated heterocycles. The molecule has 220 valence electrons. The van der Waals surface area contributed by atoms with Crippen molar-refractivity contribution in [2.75, 3.05) is 0 Å². The largest absolute Gasteiger partial charge is 0.0616 e. The van der Waals surface area contributed by atoms with Crippen molar-refractivity contribution in [3.05, 3.63) is 169 Å². The van der Waals surface area contributed by atoms with E-state index < -0.39 is 0 Å². The normalized spacial score (nSPS) is 13.5. The third-order valence-corrected chi connectivity index (χ3v) is 10.8. The predicted molar refractivity (Wildman–Crippen MR) is 202 cm³/mol. The zero-order valence-corrected chi connectivity index (χ0v) is 26.5. The molecule has 0 N–H and O–H groups in total. The maximum atomic E-state index is 2.52. The standard InChI is InChI=1S/C47H32/c1-47(2)43-27-32-15-4-3-14-31(32)24-42(43)46-41(38-21-11-17-29-12-5-8-18-35(29)38)26-34(28-44(46)47)45-37-20-10-7-16-33(37)25-40-36-19-9-6-13-30(36)22-23-39(40)45/h3-28H,1-2H3. The molecule has 0 fully saturated rings. The summed E-state index contributed by atoms with van der Waals surface area (Å²) in [6, 6.07) is 59.0. The van der Waals surface area contributed by atoms with E-state index in [2.05, 4.69) is 172 Å². The van der Waals surface area contributed by atoms with Gasteiger partial charge in [0, 0.05) is 5.41 Å². The van der Waals surface area contributed by atoms with Gasteiger partial charge in [-0.05, 0) is 129 Å². The van der Waals surface area contributed by atoms with Crippen molar-refractivity contribution in [1.82, 2.24) is 0 Å². The molecule has 0 nitrogen and oxygen atoms in total. The highest BCUT2D eigenvalue weighted by atomic mass is 14.4. The molecule has 0 radical (unpaired) electrons. The van der Waals surface area contributed by atoms with Crippen LogP contribution in [0.3, 0.4) is 0 Å². The van der Waals surface area contributed by atoms with Gasteiger partial charge in [0.25, 0.3) is 0 Å². The van der Waals surface area contributed by atoms with Crippen molar-refractivity contribution in [3.8, 4) is 33.4 Å². The molecule has 0 heterocycles. The summed E-state index contributed by atoms with van der Waals surface area (Å²) in [5, 5.41) is 12.9. The zero-order valence-electron chi connectivity index (χ0n) is 26.5. The fourth-order valence-corrected chi connectivity index (χ4v) is 8.48. The van der Waals surface area contributed by atoms with Crippen LogP contribution in [0.2, 0.25) is 0 Å². The van der Waals surface area contributed by atoms with Crippen molar-refractivity contribution in [2.24, 2.45) is 0 Å². The molecular weight excluding hydrogens is 565 g/mol. The molecule has 0 aromatic heterocycles. The molecular formula is C47H32. The molecule has 9 aromatic carbocycles. The number of rotatable bonds is 2. The van der Waals surface area contributed by atoms with Crippen LogP contribution in [0.5, 0.6) is 0 Å². The predicted octanol–water partition coefficient (Wildman–Crippen LogP) is 13.1. The molecule has 0 amide bonds. The van der Waals surface area contributed by atoms with E-state index in [-0.39, 0.29) is 5.41 Å². The van der Waals surface area contributed by atoms with Gasteiger partial charge < -0.3 is 0 Å². The van der Waals surface area contributed by atoms with Crippen LogP contribution in [0.4, 0.5) is 0 Å². The third-order valence-electron chi connectivity index (χ3n) is 10.8. The highest BCUT2D eigenvalue weighted by Gasteiger charge is 2.38. The SMILES string of the molecule is CC1(C)c2cc3ccccc3cc2-c2c(-c3cccc4ccccc34)cc(-c3c4ccccc4cc4c3ccc3ccccc34)cc21. The van der Waals surface area contributed by atoms with E-state index in [0.29, 0.717) is 0 Å². The summed E-state index contributed by atoms with van der Waals surface area (Å²) in [7, 11) is 0. The van der Waals surface area contributed by atoms with Crippen LogP contribution in [-0.4, -0.2) is 0 Å². The molecule has 0 saturated carbocycles. The van der Waals surface area contributed by atoms with Gasteiger partial charge in [0.1, 0.15) is 0 Å². The van der Waals surface area contributed by atoms with Gasteiger partial charge >= 0.3 is 0 Å². The minimum absolute atomic E-state index is 0.170. The van der Waals surface area contributed by atoms with Crippen LogP contribution in [0.25, 0.3) is 87.2 Å². The summed E-state index contributed by atoms with van der Waals surface area (Å²) in [4.78, 5) is 0. The first-order chi connectivity index (χ1) is 23.1. The minimum Gasteiger partial charge on any atom is -0.0616 e. The Morgan fingerprint density at radius 1 is 0.319 bits per heavy atom. The molecule has 1 aliphatic rings. The molecule has 10 rings (SSSR count). The van der Waals surface area contributed by atoms with Crippen LogP contribution in [-0.2, 0) is 5.41 Å². The summed E-state index contributed by atoms with van der Waals surface area (Å²) in [6.07, 6.45) is 0. The summed E-state index contributed by atoms with van der Waals surface area (Å²) < 4.78 is 0. The molecule has 1 aliphatic carbocycles. The first-order valence-electron chi connectivity index (χ1n) is 16.6. The van der Waals surface area contributed by atoms with E-state index in [1.807, 2.05) is 0 Å². The average Bonchev–Trinajstić information content (AvgIpc) is 3.34. The number of fused-ring (bicyclic) bond motifs is 9. The molecule has 0 spiro atoms. The number of benzene rings is 9. The third kappa shape index (κ3) is 3.76. The Morgan fingerprint density at radius 2 is 0.936 bits per heavy atom. The Balaban J connectivity index is 1.38. The Kier molecular flexibility index (Phi) is 5.44. The van der Waals surface area contributed by atoms with Crippen molar-refractivity contribution in [2.45, 2.75) is 19.3 Å². The van der Waals surface area contributed by atoms with Gasteiger partial charge in [-0.1, -0.05) is 141 Å². The van der Waals surface area contributed by atoms with E-state index in [1.54, 1.807) is 0 Å². The summed E-state index contributed by atoms with van der Waals surface area (Å²) in [5.41, 5.74) is 10.5. The van der Waals surface area contributed by atoms with Gasteiger partial charge in [0.2, 0.25) is 0 Å². The van der Waals surface area contributed by atoms with Gasteiger partial charge in [-0.15, -0.1) is 0 Å². The average molecular weight is 597 g/mol. The van der Waals surface area contributed by atoms with E-state index in [0.717, 1.165) is 0 Å². The molecule has 0 aliphatic heterocycles. The molecule has 47 heavy (non-hydrogen) atoms. The van der Waals surface area contributed by atoms with Crippen molar-refractivity contribution >= 4 is 53.9 Å². The Hall–Kier alpha value is -5.72. The van der Waals surface area contributed by atoms with Crippen LogP contribution in [0, 0.1) is 0 Å². The maximum Gasteiger partial charge on any atom is 0.0159 e. The highest BCUT2D eigenvalue weighted by Crippen LogP contribution is 2.55. The van der Waals surface area contributed by atoms with E-state index in [1.165, 1.54) is 98.4 Å². The van der Waals surface area contributed by atoms with E-state index in [4.69, 9.17) is 0 Å². The van der Waals surface area contributed by atoms with Gasteiger partial charge in [-0.3, -0.25) is 0 Å². The monoisotopic (exact) mass is 596 g/mol. The van der Waals surface area contributed by atoms with Crippen molar-refractivity contribution in [1.29, 1.82) is 0 Å². The van der Waals surface area contributed by atoms with Crippen LogP contribution >= 0.6 is 0 Å². The fourth-order valence-electron chi connectivity index (χ4n) is 8.48. The van der Waals surface area contributed by atoms with Crippen LogP contribution in [0.15, 0.2) is 158 Å². The van der Waals surface area contributed by atoms with E-state index in [9.17, 15) is 0 Å². The topological polar surface area (TPSA) is 0 Å². The maximum absolute atomic E-state index is 2.52. The second kappa shape index (κ2) is 9.64. The first-order valence-corrected chi connectivity index (χ1v) is 16.6. The van der Waals surface area contributed by atoms with Gasteiger partial charge in [-0.2, -0.15) is 0 Å². The lowest BCUT2D eigenvalue weighted by Gasteiger charge is -2.24. The second-order valence-electron chi connectivity index (χ2n) is 13.7.